The van der Waals surface area contributed by atoms with Gasteiger partial charge >= 0.3 is 0 Å². The van der Waals surface area contributed by atoms with Crippen molar-refractivity contribution in [3.05, 3.63) is 48.0 Å². The maximum atomic E-state index is 12.3. The average molecular weight is 348 g/mol. The molecular formula is C16H16N2O5S. The summed E-state index contributed by atoms with van der Waals surface area (Å²) < 4.78 is 35.8. The molecule has 1 aliphatic rings. The Morgan fingerprint density at radius 3 is 2.50 bits per heavy atom. The Morgan fingerprint density at radius 1 is 1.00 bits per heavy atom. The van der Waals surface area contributed by atoms with Crippen molar-refractivity contribution in [3.8, 4) is 11.5 Å². The molecule has 1 aliphatic heterocycles. The Morgan fingerprint density at radius 2 is 1.75 bits per heavy atom. The Balaban J connectivity index is 1.76. The predicted molar refractivity (Wildman–Crippen MR) is 90.3 cm³/mol. The highest BCUT2D eigenvalue weighted by Crippen LogP contribution is 2.32. The SMILES string of the molecule is CS(=O)(=O)Nc1cccc(C(=O)Nc2ccc3c(c2)OCCO3)c1. The topological polar surface area (TPSA) is 93.7 Å². The number of hydrogen-bond donors (Lipinski definition) is 2. The highest BCUT2D eigenvalue weighted by atomic mass is 32.2. The molecule has 0 unspecified atom stereocenters. The van der Waals surface area contributed by atoms with Gasteiger partial charge in [0.1, 0.15) is 13.2 Å². The molecule has 24 heavy (non-hydrogen) atoms. The van der Waals surface area contributed by atoms with E-state index in [1.165, 1.54) is 6.07 Å². The second-order valence-electron chi connectivity index (χ2n) is 5.27. The molecule has 0 atom stereocenters. The number of amides is 1. The first-order valence-corrected chi connectivity index (χ1v) is 9.09. The number of anilines is 2. The molecule has 2 aromatic carbocycles. The van der Waals surface area contributed by atoms with Crippen LogP contribution in [0.3, 0.4) is 0 Å². The molecule has 0 saturated heterocycles. The van der Waals surface area contributed by atoms with Crippen LogP contribution in [0.4, 0.5) is 11.4 Å². The third kappa shape index (κ3) is 3.96. The lowest BCUT2D eigenvalue weighted by atomic mass is 10.2. The van der Waals surface area contributed by atoms with Crippen LogP contribution in [0.25, 0.3) is 0 Å². The van der Waals surface area contributed by atoms with Crippen molar-refractivity contribution in [2.45, 2.75) is 0 Å². The van der Waals surface area contributed by atoms with E-state index in [2.05, 4.69) is 10.0 Å². The van der Waals surface area contributed by atoms with Gasteiger partial charge < -0.3 is 14.8 Å². The molecule has 0 spiro atoms. The number of benzene rings is 2. The van der Waals surface area contributed by atoms with Gasteiger partial charge in [0.25, 0.3) is 5.91 Å². The Hall–Kier alpha value is -2.74. The molecule has 0 fully saturated rings. The summed E-state index contributed by atoms with van der Waals surface area (Å²) in [6.07, 6.45) is 1.05. The molecule has 2 aromatic rings. The first-order chi connectivity index (χ1) is 11.4. The lowest BCUT2D eigenvalue weighted by molar-refractivity contribution is 0.102. The first-order valence-electron chi connectivity index (χ1n) is 7.19. The van der Waals surface area contributed by atoms with E-state index in [1.54, 1.807) is 36.4 Å². The van der Waals surface area contributed by atoms with Crippen molar-refractivity contribution >= 4 is 27.3 Å². The van der Waals surface area contributed by atoms with E-state index >= 15 is 0 Å². The molecule has 2 N–H and O–H groups in total. The minimum Gasteiger partial charge on any atom is -0.486 e. The largest absolute Gasteiger partial charge is 0.486 e. The van der Waals surface area contributed by atoms with Crippen LogP contribution < -0.4 is 19.5 Å². The zero-order valence-corrected chi connectivity index (χ0v) is 13.7. The summed E-state index contributed by atoms with van der Waals surface area (Å²) in [6, 6.07) is 11.4. The van der Waals surface area contributed by atoms with Crippen molar-refractivity contribution in [2.75, 3.05) is 29.5 Å². The summed E-state index contributed by atoms with van der Waals surface area (Å²) in [4.78, 5) is 12.3. The lowest BCUT2D eigenvalue weighted by Gasteiger charge is -2.19. The molecule has 0 aliphatic carbocycles. The summed E-state index contributed by atoms with van der Waals surface area (Å²) in [5, 5.41) is 2.75. The Labute approximate surface area is 139 Å². The Kier molecular flexibility index (Phi) is 4.30. The third-order valence-electron chi connectivity index (χ3n) is 3.23. The molecule has 7 nitrogen and oxygen atoms in total. The standard InChI is InChI=1S/C16H16N2O5S/c1-24(20,21)18-13-4-2-3-11(9-13)16(19)17-12-5-6-14-15(10-12)23-8-7-22-14/h2-6,9-10,18H,7-8H2,1H3,(H,17,19). The maximum absolute atomic E-state index is 12.3. The monoisotopic (exact) mass is 348 g/mol. The number of nitrogens with one attached hydrogen (secondary N) is 2. The number of carbonyl (C=O) groups is 1. The van der Waals surface area contributed by atoms with Crippen LogP contribution in [0.2, 0.25) is 0 Å². The van der Waals surface area contributed by atoms with E-state index in [1.807, 2.05) is 0 Å². The van der Waals surface area contributed by atoms with Crippen LogP contribution >= 0.6 is 0 Å². The minimum absolute atomic E-state index is 0.326. The second kappa shape index (κ2) is 6.40. The van der Waals surface area contributed by atoms with E-state index in [9.17, 15) is 13.2 Å². The molecule has 1 amide bonds. The number of rotatable bonds is 4. The molecule has 0 aromatic heterocycles. The van der Waals surface area contributed by atoms with Gasteiger partial charge in [0, 0.05) is 23.0 Å². The zero-order valence-electron chi connectivity index (χ0n) is 12.9. The zero-order chi connectivity index (χ0) is 17.2. The van der Waals surface area contributed by atoms with Crippen LogP contribution in [0.5, 0.6) is 11.5 Å². The normalized spacial score (nSPS) is 13.2. The van der Waals surface area contributed by atoms with Crippen molar-refractivity contribution in [1.82, 2.24) is 0 Å². The fourth-order valence-corrected chi connectivity index (χ4v) is 2.82. The van der Waals surface area contributed by atoms with Gasteiger partial charge in [-0.25, -0.2) is 8.42 Å². The van der Waals surface area contributed by atoms with Gasteiger partial charge in [-0.05, 0) is 30.3 Å². The van der Waals surface area contributed by atoms with Crippen LogP contribution in [0.1, 0.15) is 10.4 Å². The van der Waals surface area contributed by atoms with E-state index in [0.29, 0.717) is 41.7 Å². The molecule has 0 saturated carbocycles. The molecule has 0 radical (unpaired) electrons. The maximum Gasteiger partial charge on any atom is 0.255 e. The number of sulfonamides is 1. The minimum atomic E-state index is -3.40. The second-order valence-corrected chi connectivity index (χ2v) is 7.02. The van der Waals surface area contributed by atoms with E-state index < -0.39 is 10.0 Å². The van der Waals surface area contributed by atoms with Crippen molar-refractivity contribution in [3.63, 3.8) is 0 Å². The molecule has 0 bridgehead atoms. The molecule has 126 valence electrons. The number of hydrogen-bond acceptors (Lipinski definition) is 5. The highest BCUT2D eigenvalue weighted by Gasteiger charge is 2.14. The van der Waals surface area contributed by atoms with Crippen LogP contribution in [-0.2, 0) is 10.0 Å². The summed E-state index contributed by atoms with van der Waals surface area (Å²) in [5.74, 6) is 0.856. The van der Waals surface area contributed by atoms with E-state index in [-0.39, 0.29) is 5.91 Å². The van der Waals surface area contributed by atoms with Crippen LogP contribution in [0.15, 0.2) is 42.5 Å². The van der Waals surface area contributed by atoms with Gasteiger partial charge in [-0.15, -0.1) is 0 Å². The van der Waals surface area contributed by atoms with E-state index in [4.69, 9.17) is 9.47 Å². The van der Waals surface area contributed by atoms with E-state index in [0.717, 1.165) is 6.26 Å². The van der Waals surface area contributed by atoms with Crippen LogP contribution in [-0.4, -0.2) is 33.8 Å². The molecule has 8 heteroatoms. The van der Waals surface area contributed by atoms with Gasteiger partial charge in [0.05, 0.1) is 6.26 Å². The molecule has 3 rings (SSSR count). The van der Waals surface area contributed by atoms with Gasteiger partial charge in [0.2, 0.25) is 10.0 Å². The summed E-state index contributed by atoms with van der Waals surface area (Å²) in [7, 11) is -3.40. The van der Waals surface area contributed by atoms with Crippen LogP contribution in [0, 0.1) is 0 Å². The highest BCUT2D eigenvalue weighted by molar-refractivity contribution is 7.92. The fraction of sp³-hybridized carbons (Fsp3) is 0.188. The number of fused-ring (bicyclic) bond motifs is 1. The fourth-order valence-electron chi connectivity index (χ4n) is 2.26. The quantitative estimate of drug-likeness (QED) is 0.882. The van der Waals surface area contributed by atoms with Crippen molar-refractivity contribution in [1.29, 1.82) is 0 Å². The summed E-state index contributed by atoms with van der Waals surface area (Å²) in [5.41, 5.74) is 1.22. The van der Waals surface area contributed by atoms with Gasteiger partial charge in [-0.3, -0.25) is 9.52 Å². The number of carbonyl (C=O) groups excluding carboxylic acids is 1. The van der Waals surface area contributed by atoms with Crippen molar-refractivity contribution < 1.29 is 22.7 Å². The van der Waals surface area contributed by atoms with Gasteiger partial charge in [0.15, 0.2) is 11.5 Å². The number of ether oxygens (including phenoxy) is 2. The Bertz CT molecular complexity index is 880. The van der Waals surface area contributed by atoms with Crippen molar-refractivity contribution in [2.24, 2.45) is 0 Å². The first kappa shape index (κ1) is 16.1. The van der Waals surface area contributed by atoms with Gasteiger partial charge in [-0.1, -0.05) is 6.07 Å². The average Bonchev–Trinajstić information content (AvgIpc) is 2.53. The molecule has 1 heterocycles. The smallest absolute Gasteiger partial charge is 0.255 e. The lowest BCUT2D eigenvalue weighted by Crippen LogP contribution is -2.16. The van der Waals surface area contributed by atoms with Gasteiger partial charge in [-0.2, -0.15) is 0 Å². The molecular weight excluding hydrogens is 332 g/mol. The summed E-state index contributed by atoms with van der Waals surface area (Å²) >= 11 is 0. The third-order valence-corrected chi connectivity index (χ3v) is 3.83. The summed E-state index contributed by atoms with van der Waals surface area (Å²) in [6.45, 7) is 0.961. The predicted octanol–water partition coefficient (Wildman–Crippen LogP) is 2.08.